The van der Waals surface area contributed by atoms with E-state index < -0.39 is 0 Å². The molecule has 0 aliphatic carbocycles. The summed E-state index contributed by atoms with van der Waals surface area (Å²) in [6.45, 7) is 1.78. The summed E-state index contributed by atoms with van der Waals surface area (Å²) in [5.74, 6) is 0.00685. The van der Waals surface area contributed by atoms with Crippen molar-refractivity contribution in [3.8, 4) is 0 Å². The Labute approximate surface area is 108 Å². The van der Waals surface area contributed by atoms with Gasteiger partial charge in [0.05, 0.1) is 0 Å². The highest BCUT2D eigenvalue weighted by molar-refractivity contribution is 5.95. The number of hydrogen-bond donors (Lipinski definition) is 2. The Hall–Kier alpha value is -1.55. The molecule has 1 amide bonds. The molecule has 1 aromatic rings. The molecule has 1 aliphatic heterocycles. The lowest BCUT2D eigenvalue weighted by Crippen LogP contribution is -2.37. The van der Waals surface area contributed by atoms with Crippen LogP contribution in [0.25, 0.3) is 0 Å². The zero-order valence-electron chi connectivity index (χ0n) is 11.1. The largest absolute Gasteiger partial charge is 0.378 e. The smallest absolute Gasteiger partial charge is 0.251 e. The number of rotatable bonds is 4. The molecule has 0 bridgehead atoms. The van der Waals surface area contributed by atoms with Crippen molar-refractivity contribution in [2.24, 2.45) is 0 Å². The summed E-state index contributed by atoms with van der Waals surface area (Å²) in [5, 5.41) is 6.36. The maximum atomic E-state index is 12.0. The van der Waals surface area contributed by atoms with E-state index in [2.05, 4.69) is 10.6 Å². The zero-order chi connectivity index (χ0) is 13.0. The Morgan fingerprint density at radius 3 is 3.00 bits per heavy atom. The van der Waals surface area contributed by atoms with Crippen LogP contribution in [0, 0.1) is 0 Å². The summed E-state index contributed by atoms with van der Waals surface area (Å²) in [6.07, 6.45) is 2.36. The summed E-state index contributed by atoms with van der Waals surface area (Å²) in [6, 6.07) is 8.11. The van der Waals surface area contributed by atoms with E-state index >= 15 is 0 Å². The fourth-order valence-corrected chi connectivity index (χ4v) is 2.17. The van der Waals surface area contributed by atoms with Crippen molar-refractivity contribution in [3.63, 3.8) is 0 Å². The first kappa shape index (κ1) is 12.9. The Morgan fingerprint density at radius 2 is 2.33 bits per heavy atom. The van der Waals surface area contributed by atoms with Gasteiger partial charge in [0.25, 0.3) is 5.91 Å². The van der Waals surface area contributed by atoms with Crippen LogP contribution in [-0.4, -0.2) is 39.1 Å². The molecule has 1 unspecified atom stereocenters. The van der Waals surface area contributed by atoms with Crippen LogP contribution in [0.4, 0.5) is 5.69 Å². The van der Waals surface area contributed by atoms with Crippen molar-refractivity contribution in [2.45, 2.75) is 18.9 Å². The van der Waals surface area contributed by atoms with Crippen molar-refractivity contribution in [1.82, 2.24) is 10.6 Å². The zero-order valence-corrected chi connectivity index (χ0v) is 11.1. The second-order valence-corrected chi connectivity index (χ2v) is 4.95. The van der Waals surface area contributed by atoms with Gasteiger partial charge in [0.15, 0.2) is 0 Å². The van der Waals surface area contributed by atoms with Crippen molar-refractivity contribution in [2.75, 3.05) is 32.1 Å². The van der Waals surface area contributed by atoms with Crippen molar-refractivity contribution in [3.05, 3.63) is 29.8 Å². The van der Waals surface area contributed by atoms with Crippen LogP contribution in [0.2, 0.25) is 0 Å². The van der Waals surface area contributed by atoms with Crippen molar-refractivity contribution in [1.29, 1.82) is 0 Å². The molecular formula is C14H21N3O. The van der Waals surface area contributed by atoms with Gasteiger partial charge in [-0.2, -0.15) is 0 Å². The molecular weight excluding hydrogens is 226 g/mol. The van der Waals surface area contributed by atoms with Crippen LogP contribution in [-0.2, 0) is 0 Å². The monoisotopic (exact) mass is 247 g/mol. The highest BCUT2D eigenvalue weighted by Crippen LogP contribution is 2.13. The molecule has 1 heterocycles. The summed E-state index contributed by atoms with van der Waals surface area (Å²) >= 11 is 0. The van der Waals surface area contributed by atoms with Gasteiger partial charge in [-0.3, -0.25) is 4.79 Å². The number of nitrogens with one attached hydrogen (secondary N) is 2. The quantitative estimate of drug-likeness (QED) is 0.841. The number of carbonyl (C=O) groups excluding carboxylic acids is 1. The van der Waals surface area contributed by atoms with Gasteiger partial charge in [-0.1, -0.05) is 6.07 Å². The minimum Gasteiger partial charge on any atom is -0.378 e. The van der Waals surface area contributed by atoms with Gasteiger partial charge < -0.3 is 15.5 Å². The Kier molecular flexibility index (Phi) is 4.20. The van der Waals surface area contributed by atoms with E-state index in [0.29, 0.717) is 12.6 Å². The van der Waals surface area contributed by atoms with E-state index in [1.807, 2.05) is 43.3 Å². The third kappa shape index (κ3) is 3.23. The lowest BCUT2D eigenvalue weighted by atomic mass is 10.1. The molecule has 1 atom stereocenters. The lowest BCUT2D eigenvalue weighted by molar-refractivity contribution is 0.0950. The van der Waals surface area contributed by atoms with Crippen LogP contribution in [0.1, 0.15) is 23.2 Å². The molecule has 2 N–H and O–H groups in total. The number of anilines is 1. The van der Waals surface area contributed by atoms with Crippen LogP contribution in [0.5, 0.6) is 0 Å². The number of amides is 1. The maximum Gasteiger partial charge on any atom is 0.251 e. The molecule has 0 saturated carbocycles. The second kappa shape index (κ2) is 5.87. The molecule has 2 rings (SSSR count). The minimum atomic E-state index is 0.00685. The predicted octanol–water partition coefficient (Wildman–Crippen LogP) is 1.23. The highest BCUT2D eigenvalue weighted by Gasteiger charge is 2.15. The van der Waals surface area contributed by atoms with Crippen LogP contribution < -0.4 is 15.5 Å². The minimum absolute atomic E-state index is 0.00685. The number of benzene rings is 1. The molecule has 1 aliphatic rings. The van der Waals surface area contributed by atoms with Crippen molar-refractivity contribution >= 4 is 11.6 Å². The van der Waals surface area contributed by atoms with Crippen LogP contribution in [0.3, 0.4) is 0 Å². The van der Waals surface area contributed by atoms with Gasteiger partial charge in [-0.05, 0) is 37.6 Å². The molecule has 0 radical (unpaired) electrons. The lowest BCUT2D eigenvalue weighted by Gasteiger charge is -2.14. The van der Waals surface area contributed by atoms with E-state index in [4.69, 9.17) is 0 Å². The van der Waals surface area contributed by atoms with Gasteiger partial charge in [-0.15, -0.1) is 0 Å². The van der Waals surface area contributed by atoms with E-state index in [0.717, 1.165) is 24.2 Å². The maximum absolute atomic E-state index is 12.0. The predicted molar refractivity (Wildman–Crippen MR) is 74.1 cm³/mol. The standard InChI is InChI=1S/C14H21N3O/c1-17(2)13-7-3-5-11(9-13)14(18)16-10-12-6-4-8-15-12/h3,5,7,9,12,15H,4,6,8,10H2,1-2H3,(H,16,18). The summed E-state index contributed by atoms with van der Waals surface area (Å²) < 4.78 is 0. The molecule has 1 saturated heterocycles. The van der Waals surface area contributed by atoms with E-state index in [1.54, 1.807) is 0 Å². The average molecular weight is 247 g/mol. The SMILES string of the molecule is CN(C)c1cccc(C(=O)NCC2CCCN2)c1. The van der Waals surface area contributed by atoms with Crippen LogP contribution in [0.15, 0.2) is 24.3 Å². The summed E-state index contributed by atoms with van der Waals surface area (Å²) in [5.41, 5.74) is 1.76. The topological polar surface area (TPSA) is 44.4 Å². The molecule has 1 fully saturated rings. The molecule has 4 nitrogen and oxygen atoms in total. The van der Waals surface area contributed by atoms with Crippen molar-refractivity contribution < 1.29 is 4.79 Å². The summed E-state index contributed by atoms with van der Waals surface area (Å²) in [4.78, 5) is 14.0. The van der Waals surface area contributed by atoms with Gasteiger partial charge in [0.1, 0.15) is 0 Å². The average Bonchev–Trinajstić information content (AvgIpc) is 2.89. The Balaban J connectivity index is 1.93. The Bertz CT molecular complexity index is 411. The fraction of sp³-hybridized carbons (Fsp3) is 0.500. The Morgan fingerprint density at radius 1 is 1.50 bits per heavy atom. The first-order valence-electron chi connectivity index (χ1n) is 6.46. The normalized spacial score (nSPS) is 18.7. The number of nitrogens with zero attached hydrogens (tertiary/aromatic N) is 1. The van der Waals surface area contributed by atoms with E-state index in [1.165, 1.54) is 6.42 Å². The third-order valence-electron chi connectivity index (χ3n) is 3.30. The highest BCUT2D eigenvalue weighted by atomic mass is 16.1. The molecule has 4 heteroatoms. The van der Waals surface area contributed by atoms with Crippen LogP contribution >= 0.6 is 0 Å². The third-order valence-corrected chi connectivity index (χ3v) is 3.30. The number of hydrogen-bond acceptors (Lipinski definition) is 3. The second-order valence-electron chi connectivity index (χ2n) is 4.95. The molecule has 18 heavy (non-hydrogen) atoms. The molecule has 98 valence electrons. The molecule has 0 spiro atoms. The van der Waals surface area contributed by atoms with Gasteiger partial charge >= 0.3 is 0 Å². The van der Waals surface area contributed by atoms with Gasteiger partial charge in [0.2, 0.25) is 0 Å². The first-order valence-corrected chi connectivity index (χ1v) is 6.46. The fourth-order valence-electron chi connectivity index (χ4n) is 2.17. The van der Waals surface area contributed by atoms with Gasteiger partial charge in [-0.25, -0.2) is 0 Å². The van der Waals surface area contributed by atoms with E-state index in [-0.39, 0.29) is 5.91 Å². The van der Waals surface area contributed by atoms with Gasteiger partial charge in [0, 0.05) is 37.9 Å². The summed E-state index contributed by atoms with van der Waals surface area (Å²) in [7, 11) is 3.94. The number of carbonyl (C=O) groups is 1. The van der Waals surface area contributed by atoms with E-state index in [9.17, 15) is 4.79 Å². The molecule has 1 aromatic carbocycles. The molecule has 0 aromatic heterocycles. The first-order chi connectivity index (χ1) is 8.66.